The Morgan fingerprint density at radius 2 is 1.81 bits per heavy atom. The second kappa shape index (κ2) is 3.07. The minimum Gasteiger partial charge on any atom is -0.318 e. The molecule has 0 aromatic heterocycles. The standard InChI is InChI=1S/C10H6F3NO2/c1-4-6(10(11,12)13)3-2-5-7(4)14-9(16)8(5)15/h2-3H,1H3,(H,14,15,16). The lowest BCUT2D eigenvalue weighted by molar-refractivity contribution is -0.138. The molecule has 0 saturated carbocycles. The zero-order valence-electron chi connectivity index (χ0n) is 8.11. The van der Waals surface area contributed by atoms with E-state index in [-0.39, 0.29) is 16.8 Å². The highest BCUT2D eigenvalue weighted by atomic mass is 19.4. The van der Waals surface area contributed by atoms with Gasteiger partial charge in [0.25, 0.3) is 11.7 Å². The van der Waals surface area contributed by atoms with E-state index < -0.39 is 23.4 Å². The molecular formula is C10H6F3NO2. The molecule has 0 atom stereocenters. The SMILES string of the molecule is Cc1c(C(F)(F)F)ccc2c1NC(=O)C2=O. The summed E-state index contributed by atoms with van der Waals surface area (Å²) in [5.41, 5.74) is -1.02. The monoisotopic (exact) mass is 229 g/mol. The van der Waals surface area contributed by atoms with Crippen LogP contribution in [0.15, 0.2) is 12.1 Å². The van der Waals surface area contributed by atoms with Gasteiger partial charge in [-0.3, -0.25) is 9.59 Å². The summed E-state index contributed by atoms with van der Waals surface area (Å²) >= 11 is 0. The fourth-order valence-corrected chi connectivity index (χ4v) is 1.66. The van der Waals surface area contributed by atoms with Crippen LogP contribution in [0.3, 0.4) is 0 Å². The number of carbonyl (C=O) groups excluding carboxylic acids is 2. The number of alkyl halides is 3. The van der Waals surface area contributed by atoms with E-state index in [9.17, 15) is 22.8 Å². The number of halogens is 3. The van der Waals surface area contributed by atoms with Gasteiger partial charge >= 0.3 is 6.18 Å². The average Bonchev–Trinajstić information content (AvgIpc) is 2.44. The number of Topliss-reactive ketones (excluding diaryl/α,β-unsaturated/α-hetero) is 1. The Bertz CT molecular complexity index is 506. The first-order valence-electron chi connectivity index (χ1n) is 4.39. The number of carbonyl (C=O) groups is 2. The van der Waals surface area contributed by atoms with Crippen LogP contribution < -0.4 is 5.32 Å². The highest BCUT2D eigenvalue weighted by Crippen LogP contribution is 2.37. The molecule has 1 aliphatic heterocycles. The predicted molar refractivity (Wildman–Crippen MR) is 49.1 cm³/mol. The Morgan fingerprint density at radius 3 is 2.38 bits per heavy atom. The van der Waals surface area contributed by atoms with Gasteiger partial charge < -0.3 is 5.32 Å². The van der Waals surface area contributed by atoms with Crippen LogP contribution in [0, 0.1) is 6.92 Å². The molecule has 1 heterocycles. The molecule has 1 aliphatic rings. The summed E-state index contributed by atoms with van der Waals surface area (Å²) in [4.78, 5) is 22.2. The lowest BCUT2D eigenvalue weighted by Crippen LogP contribution is -2.12. The highest BCUT2D eigenvalue weighted by Gasteiger charge is 2.37. The lowest BCUT2D eigenvalue weighted by atomic mass is 10.0. The van der Waals surface area contributed by atoms with E-state index >= 15 is 0 Å². The molecule has 16 heavy (non-hydrogen) atoms. The van der Waals surface area contributed by atoms with Crippen molar-refractivity contribution in [3.05, 3.63) is 28.8 Å². The summed E-state index contributed by atoms with van der Waals surface area (Å²) in [5.74, 6) is -1.69. The van der Waals surface area contributed by atoms with E-state index in [1.807, 2.05) is 0 Å². The maximum Gasteiger partial charge on any atom is 0.416 e. The molecule has 0 bridgehead atoms. The van der Waals surface area contributed by atoms with Crippen LogP contribution in [-0.4, -0.2) is 11.7 Å². The quantitative estimate of drug-likeness (QED) is 0.693. The second-order valence-corrected chi connectivity index (χ2v) is 3.44. The molecule has 1 N–H and O–H groups in total. The van der Waals surface area contributed by atoms with Crippen molar-refractivity contribution >= 4 is 17.4 Å². The van der Waals surface area contributed by atoms with E-state index in [0.717, 1.165) is 12.1 Å². The molecule has 0 saturated heterocycles. The molecule has 1 aromatic carbocycles. The van der Waals surface area contributed by atoms with Gasteiger partial charge in [0.05, 0.1) is 16.8 Å². The molecule has 2 rings (SSSR count). The van der Waals surface area contributed by atoms with Crippen LogP contribution >= 0.6 is 0 Å². The van der Waals surface area contributed by atoms with Crippen molar-refractivity contribution in [1.29, 1.82) is 0 Å². The van der Waals surface area contributed by atoms with E-state index in [1.54, 1.807) is 0 Å². The summed E-state index contributed by atoms with van der Waals surface area (Å²) in [7, 11) is 0. The van der Waals surface area contributed by atoms with Gasteiger partial charge in [-0.2, -0.15) is 13.2 Å². The second-order valence-electron chi connectivity index (χ2n) is 3.44. The van der Waals surface area contributed by atoms with Crippen molar-refractivity contribution in [3.8, 4) is 0 Å². The predicted octanol–water partition coefficient (Wildman–Crippen LogP) is 2.15. The first kappa shape index (κ1) is 10.7. The molecule has 6 heteroatoms. The summed E-state index contributed by atoms with van der Waals surface area (Å²) in [6.07, 6.45) is -4.49. The summed E-state index contributed by atoms with van der Waals surface area (Å²) < 4.78 is 37.5. The smallest absolute Gasteiger partial charge is 0.318 e. The van der Waals surface area contributed by atoms with Crippen molar-refractivity contribution in [2.45, 2.75) is 13.1 Å². The number of fused-ring (bicyclic) bond motifs is 1. The van der Waals surface area contributed by atoms with Crippen molar-refractivity contribution < 1.29 is 22.8 Å². The van der Waals surface area contributed by atoms with Crippen LogP contribution in [0.1, 0.15) is 21.5 Å². The molecule has 84 valence electrons. The number of nitrogens with one attached hydrogen (secondary N) is 1. The normalized spacial score (nSPS) is 15.0. The third-order valence-electron chi connectivity index (χ3n) is 2.46. The van der Waals surface area contributed by atoms with E-state index in [4.69, 9.17) is 0 Å². The molecule has 0 unspecified atom stereocenters. The van der Waals surface area contributed by atoms with Crippen molar-refractivity contribution in [2.75, 3.05) is 5.32 Å². The van der Waals surface area contributed by atoms with Gasteiger partial charge in [-0.1, -0.05) is 0 Å². The summed E-state index contributed by atoms with van der Waals surface area (Å²) in [6, 6.07) is 1.83. The molecule has 1 amide bonds. The number of rotatable bonds is 0. The van der Waals surface area contributed by atoms with Gasteiger partial charge in [0.1, 0.15) is 0 Å². The number of amides is 1. The molecule has 3 nitrogen and oxygen atoms in total. The zero-order valence-corrected chi connectivity index (χ0v) is 8.11. The van der Waals surface area contributed by atoms with Crippen molar-refractivity contribution in [2.24, 2.45) is 0 Å². The zero-order chi connectivity index (χ0) is 12.1. The first-order chi connectivity index (χ1) is 7.32. The van der Waals surface area contributed by atoms with Crippen molar-refractivity contribution in [1.82, 2.24) is 0 Å². The Morgan fingerprint density at radius 1 is 1.19 bits per heavy atom. The van der Waals surface area contributed by atoms with Gasteiger partial charge in [-0.05, 0) is 24.6 Å². The number of ketones is 1. The lowest BCUT2D eigenvalue weighted by Gasteiger charge is -2.12. The molecular weight excluding hydrogens is 223 g/mol. The fourth-order valence-electron chi connectivity index (χ4n) is 1.66. The minimum absolute atomic E-state index is 0.00417. The van der Waals surface area contributed by atoms with E-state index in [1.165, 1.54) is 6.92 Å². The van der Waals surface area contributed by atoms with Crippen LogP contribution in [0.2, 0.25) is 0 Å². The first-order valence-corrected chi connectivity index (χ1v) is 4.39. The summed E-state index contributed by atoms with van der Waals surface area (Å²) in [5, 5.41) is 2.14. The Labute approximate surface area is 88.3 Å². The van der Waals surface area contributed by atoms with E-state index in [0.29, 0.717) is 0 Å². The van der Waals surface area contributed by atoms with Gasteiger partial charge in [-0.25, -0.2) is 0 Å². The molecule has 0 aliphatic carbocycles. The Kier molecular flexibility index (Phi) is 2.04. The third kappa shape index (κ3) is 1.37. The van der Waals surface area contributed by atoms with Crippen LogP contribution in [0.4, 0.5) is 18.9 Å². The molecule has 0 fully saturated rings. The summed E-state index contributed by atoms with van der Waals surface area (Å²) in [6.45, 7) is 1.22. The number of benzene rings is 1. The fraction of sp³-hybridized carbons (Fsp3) is 0.200. The third-order valence-corrected chi connectivity index (χ3v) is 2.46. The van der Waals surface area contributed by atoms with Gasteiger partial charge in [0, 0.05) is 0 Å². The molecule has 0 radical (unpaired) electrons. The van der Waals surface area contributed by atoms with Gasteiger partial charge in [-0.15, -0.1) is 0 Å². The largest absolute Gasteiger partial charge is 0.416 e. The molecule has 1 aromatic rings. The van der Waals surface area contributed by atoms with Crippen molar-refractivity contribution in [3.63, 3.8) is 0 Å². The van der Waals surface area contributed by atoms with E-state index in [2.05, 4.69) is 5.32 Å². The average molecular weight is 229 g/mol. The van der Waals surface area contributed by atoms with Gasteiger partial charge in [0.15, 0.2) is 0 Å². The number of hydrogen-bond donors (Lipinski definition) is 1. The topological polar surface area (TPSA) is 46.2 Å². The maximum atomic E-state index is 12.5. The highest BCUT2D eigenvalue weighted by molar-refractivity contribution is 6.51. The molecule has 0 spiro atoms. The van der Waals surface area contributed by atoms with Crippen LogP contribution in [-0.2, 0) is 11.0 Å². The minimum atomic E-state index is -4.49. The van der Waals surface area contributed by atoms with Crippen LogP contribution in [0.25, 0.3) is 0 Å². The number of hydrogen-bond acceptors (Lipinski definition) is 2. The maximum absolute atomic E-state index is 12.5. The Hall–Kier alpha value is -1.85. The number of anilines is 1. The van der Waals surface area contributed by atoms with Gasteiger partial charge in [0.2, 0.25) is 0 Å². The Balaban J connectivity index is 2.64. The van der Waals surface area contributed by atoms with Crippen LogP contribution in [0.5, 0.6) is 0 Å².